The lowest BCUT2D eigenvalue weighted by Crippen LogP contribution is -2.31. The van der Waals surface area contributed by atoms with Gasteiger partial charge in [-0.05, 0) is 30.5 Å². The first-order valence-corrected chi connectivity index (χ1v) is 9.99. The van der Waals surface area contributed by atoms with Crippen molar-refractivity contribution in [2.75, 3.05) is 0 Å². The summed E-state index contributed by atoms with van der Waals surface area (Å²) in [6.45, 7) is 5.12. The Morgan fingerprint density at radius 1 is 0.929 bits per heavy atom. The zero-order valence-electron chi connectivity index (χ0n) is 15.7. The summed E-state index contributed by atoms with van der Waals surface area (Å²) >= 11 is 6.58. The highest BCUT2D eigenvalue weighted by Crippen LogP contribution is 2.45. The number of rotatable bonds is 5. The van der Waals surface area contributed by atoms with Crippen LogP contribution in [0.3, 0.4) is 0 Å². The van der Waals surface area contributed by atoms with Gasteiger partial charge in [0.15, 0.2) is 5.78 Å². The van der Waals surface area contributed by atoms with E-state index in [-0.39, 0.29) is 23.8 Å². The van der Waals surface area contributed by atoms with Crippen LogP contribution in [0, 0.1) is 12.8 Å². The zero-order chi connectivity index (χ0) is 19.5. The first-order valence-electron chi connectivity index (χ1n) is 9.61. The molecule has 4 rings (SSSR count). The molecule has 0 amide bonds. The van der Waals surface area contributed by atoms with Crippen molar-refractivity contribution in [3.05, 3.63) is 114 Å². The quantitative estimate of drug-likeness (QED) is 0.500. The highest BCUT2D eigenvalue weighted by molar-refractivity contribution is 6.31. The van der Waals surface area contributed by atoms with Crippen LogP contribution in [0.15, 0.2) is 84.9 Å². The molecule has 1 heterocycles. The number of hydrogen-bond acceptors (Lipinski definition) is 2. The standard InChI is InChI=1S/C25H23ClNO/c1-18-16-22(25(28)20-12-6-3-7-13-20)24(21-14-8-9-15-23(21)26)27(18)17-19-10-4-2-5-11-19/h2-15,18,22,24H,1,16-17H2/t18-,22-,24-/m0/s1. The molecule has 0 unspecified atom stereocenters. The van der Waals surface area contributed by atoms with Crippen LogP contribution in [0.2, 0.25) is 5.02 Å². The van der Waals surface area contributed by atoms with Crippen LogP contribution in [0.4, 0.5) is 0 Å². The second kappa shape index (κ2) is 8.30. The molecular weight excluding hydrogens is 366 g/mol. The molecule has 1 aliphatic rings. The van der Waals surface area contributed by atoms with Crippen LogP contribution >= 0.6 is 11.6 Å². The van der Waals surface area contributed by atoms with Gasteiger partial charge in [0.25, 0.3) is 0 Å². The van der Waals surface area contributed by atoms with Gasteiger partial charge in [0.2, 0.25) is 0 Å². The third kappa shape index (κ3) is 3.76. The number of hydrogen-bond donors (Lipinski definition) is 0. The molecule has 28 heavy (non-hydrogen) atoms. The van der Waals surface area contributed by atoms with Crippen molar-refractivity contribution in [1.29, 1.82) is 0 Å². The fraction of sp³-hybridized carbons (Fsp3) is 0.200. The van der Waals surface area contributed by atoms with E-state index in [9.17, 15) is 4.79 Å². The van der Waals surface area contributed by atoms with Crippen molar-refractivity contribution in [1.82, 2.24) is 4.90 Å². The number of likely N-dealkylation sites (tertiary alicyclic amines) is 1. The van der Waals surface area contributed by atoms with Crippen LogP contribution in [0.5, 0.6) is 0 Å². The number of carbonyl (C=O) groups is 1. The van der Waals surface area contributed by atoms with Crippen LogP contribution < -0.4 is 0 Å². The largest absolute Gasteiger partial charge is 0.294 e. The molecule has 1 radical (unpaired) electrons. The number of ketones is 1. The molecule has 0 aromatic heterocycles. The summed E-state index contributed by atoms with van der Waals surface area (Å²) in [5.74, 6) is -0.0109. The van der Waals surface area contributed by atoms with Crippen molar-refractivity contribution in [2.24, 2.45) is 5.92 Å². The fourth-order valence-electron chi connectivity index (χ4n) is 4.21. The number of nitrogens with zero attached hydrogens (tertiary/aromatic N) is 1. The van der Waals surface area contributed by atoms with E-state index < -0.39 is 0 Å². The van der Waals surface area contributed by atoms with Gasteiger partial charge in [0.1, 0.15) is 0 Å². The summed E-state index contributed by atoms with van der Waals surface area (Å²) in [5, 5.41) is 0.700. The van der Waals surface area contributed by atoms with Crippen molar-refractivity contribution in [3.63, 3.8) is 0 Å². The minimum absolute atomic E-state index is 0.0409. The highest BCUT2D eigenvalue weighted by Gasteiger charge is 2.44. The van der Waals surface area contributed by atoms with E-state index in [1.54, 1.807) is 0 Å². The monoisotopic (exact) mass is 388 g/mol. The Morgan fingerprint density at radius 2 is 1.54 bits per heavy atom. The van der Waals surface area contributed by atoms with Crippen LogP contribution in [-0.4, -0.2) is 16.7 Å². The molecule has 0 saturated carbocycles. The maximum atomic E-state index is 13.4. The van der Waals surface area contributed by atoms with E-state index in [0.29, 0.717) is 5.02 Å². The van der Waals surface area contributed by atoms with Crippen LogP contribution in [0.1, 0.15) is 33.9 Å². The molecule has 3 heteroatoms. The Hall–Kier alpha value is -2.42. The smallest absolute Gasteiger partial charge is 0.167 e. The molecule has 1 saturated heterocycles. The van der Waals surface area contributed by atoms with Crippen LogP contribution in [0.25, 0.3) is 0 Å². The lowest BCUT2D eigenvalue weighted by molar-refractivity contribution is 0.0875. The van der Waals surface area contributed by atoms with Crippen molar-refractivity contribution in [2.45, 2.75) is 25.0 Å². The van der Waals surface area contributed by atoms with E-state index in [0.717, 1.165) is 24.1 Å². The van der Waals surface area contributed by atoms with Gasteiger partial charge in [-0.25, -0.2) is 0 Å². The van der Waals surface area contributed by atoms with Gasteiger partial charge in [0, 0.05) is 35.1 Å². The molecule has 1 aliphatic heterocycles. The molecule has 2 nitrogen and oxygen atoms in total. The molecule has 141 valence electrons. The molecule has 0 aliphatic carbocycles. The highest BCUT2D eigenvalue weighted by atomic mass is 35.5. The number of benzene rings is 3. The van der Waals surface area contributed by atoms with E-state index in [1.165, 1.54) is 5.56 Å². The molecule has 3 aromatic rings. The minimum Gasteiger partial charge on any atom is -0.294 e. The van der Waals surface area contributed by atoms with E-state index >= 15 is 0 Å². The second-order valence-corrected chi connectivity index (χ2v) is 7.76. The maximum Gasteiger partial charge on any atom is 0.167 e. The van der Waals surface area contributed by atoms with Gasteiger partial charge >= 0.3 is 0 Å². The van der Waals surface area contributed by atoms with E-state index in [1.807, 2.05) is 72.8 Å². The molecular formula is C25H23ClNO. The van der Waals surface area contributed by atoms with Gasteiger partial charge in [-0.1, -0.05) is 90.5 Å². The van der Waals surface area contributed by atoms with Crippen LogP contribution in [-0.2, 0) is 6.54 Å². The molecule has 0 N–H and O–H groups in total. The van der Waals surface area contributed by atoms with Gasteiger partial charge in [-0.2, -0.15) is 0 Å². The Balaban J connectivity index is 1.73. The maximum absolute atomic E-state index is 13.4. The zero-order valence-corrected chi connectivity index (χ0v) is 16.4. The molecule has 3 atom stereocenters. The van der Waals surface area contributed by atoms with Crippen molar-refractivity contribution in [3.8, 4) is 0 Å². The molecule has 3 aromatic carbocycles. The third-order valence-corrected chi connectivity index (χ3v) is 5.90. The summed E-state index contributed by atoms with van der Waals surface area (Å²) < 4.78 is 0. The fourth-order valence-corrected chi connectivity index (χ4v) is 4.46. The summed E-state index contributed by atoms with van der Waals surface area (Å²) in [4.78, 5) is 15.7. The van der Waals surface area contributed by atoms with E-state index in [2.05, 4.69) is 24.0 Å². The predicted molar refractivity (Wildman–Crippen MR) is 114 cm³/mol. The number of halogens is 1. The first-order chi connectivity index (χ1) is 13.6. The Labute approximate surface area is 171 Å². The number of carbonyl (C=O) groups excluding carboxylic acids is 1. The average Bonchev–Trinajstić information content (AvgIpc) is 3.05. The third-order valence-electron chi connectivity index (χ3n) is 5.56. The Bertz CT molecular complexity index is 941. The van der Waals surface area contributed by atoms with Crippen molar-refractivity contribution < 1.29 is 4.79 Å². The summed E-state index contributed by atoms with van der Waals surface area (Å²) in [5.41, 5.74) is 2.96. The van der Waals surface area contributed by atoms with Crippen molar-refractivity contribution >= 4 is 17.4 Å². The Morgan fingerprint density at radius 3 is 2.21 bits per heavy atom. The second-order valence-electron chi connectivity index (χ2n) is 7.35. The normalized spacial score (nSPS) is 22.3. The van der Waals surface area contributed by atoms with Gasteiger partial charge < -0.3 is 0 Å². The summed E-state index contributed by atoms with van der Waals surface area (Å²) in [6, 6.07) is 27.7. The summed E-state index contributed by atoms with van der Waals surface area (Å²) in [7, 11) is 0. The predicted octanol–water partition coefficient (Wildman–Crippen LogP) is 5.99. The Kier molecular flexibility index (Phi) is 5.61. The number of Topliss-reactive ketones (excluding diaryl/α,β-unsaturated/α-hetero) is 1. The van der Waals surface area contributed by atoms with Gasteiger partial charge in [-0.15, -0.1) is 0 Å². The molecule has 0 spiro atoms. The van der Waals surface area contributed by atoms with Gasteiger partial charge in [-0.3, -0.25) is 9.69 Å². The van der Waals surface area contributed by atoms with Gasteiger partial charge in [0.05, 0.1) is 0 Å². The average molecular weight is 389 g/mol. The minimum atomic E-state index is -0.173. The molecule has 1 fully saturated rings. The summed E-state index contributed by atoms with van der Waals surface area (Å²) in [6.07, 6.45) is 0.719. The van der Waals surface area contributed by atoms with E-state index in [4.69, 9.17) is 11.6 Å². The molecule has 0 bridgehead atoms. The SMILES string of the molecule is [CH2][C@H]1C[C@H](C(=O)c2ccccc2)[C@H](c2ccccc2Cl)N1Cc1ccccc1. The lowest BCUT2D eigenvalue weighted by atomic mass is 9.86. The lowest BCUT2D eigenvalue weighted by Gasteiger charge is -2.31. The first kappa shape index (κ1) is 18.9. The topological polar surface area (TPSA) is 20.3 Å².